The van der Waals surface area contributed by atoms with E-state index in [9.17, 15) is 9.59 Å². The molecule has 1 atom stereocenters. The van der Waals surface area contributed by atoms with E-state index in [2.05, 4.69) is 30.6 Å². The molecule has 3 saturated heterocycles. The minimum atomic E-state index is -0.320. The van der Waals surface area contributed by atoms with E-state index in [1.807, 2.05) is 36.9 Å². The van der Waals surface area contributed by atoms with Gasteiger partial charge in [0.1, 0.15) is 5.60 Å². The number of unbranched alkanes of at least 4 members (excludes halogenated alkanes) is 2. The van der Waals surface area contributed by atoms with Crippen LogP contribution in [-0.2, 0) is 4.74 Å². The molecule has 1 aromatic carbocycles. The van der Waals surface area contributed by atoms with Crippen molar-refractivity contribution in [2.75, 3.05) is 32.7 Å². The van der Waals surface area contributed by atoms with Gasteiger partial charge in [-0.3, -0.25) is 9.69 Å². The van der Waals surface area contributed by atoms with Gasteiger partial charge in [-0.2, -0.15) is 0 Å². The first-order valence-electron chi connectivity index (χ1n) is 15.3. The summed E-state index contributed by atoms with van der Waals surface area (Å²) in [6.07, 6.45) is 10.6. The maximum Gasteiger partial charge on any atom is 0.410 e. The van der Waals surface area contributed by atoms with Gasteiger partial charge in [-0.25, -0.2) is 4.79 Å². The first-order valence-corrected chi connectivity index (χ1v) is 15.3. The highest BCUT2D eigenvalue weighted by Gasteiger charge is 2.54. The number of carbonyl (C=O) groups is 2. The standard InChI is InChI=1S/C32H51N3O3/c1-6-7-14-28-32(38-31(37)35(28)19-9-8-11-24(2)3)17-22-33(23-18-32)27-15-20-34(21-16-27)30(36)29-25(4)12-10-13-26(29)5/h10,12-13,24,27-28H,6-9,11,14-23H2,1-5H3. The largest absolute Gasteiger partial charge is 0.440 e. The molecule has 1 unspecified atom stereocenters. The maximum absolute atomic E-state index is 13.3. The monoisotopic (exact) mass is 525 g/mol. The summed E-state index contributed by atoms with van der Waals surface area (Å²) in [5.74, 6) is 0.894. The van der Waals surface area contributed by atoms with Gasteiger partial charge in [-0.1, -0.05) is 64.7 Å². The third kappa shape index (κ3) is 6.38. The molecule has 1 spiro atoms. The fraction of sp³-hybridized carbons (Fsp3) is 0.750. The van der Waals surface area contributed by atoms with Crippen LogP contribution in [0.25, 0.3) is 0 Å². The molecule has 6 nitrogen and oxygen atoms in total. The zero-order valence-corrected chi connectivity index (χ0v) is 24.6. The number of amides is 2. The Morgan fingerprint density at radius 3 is 2.29 bits per heavy atom. The Labute approximate surface area is 231 Å². The van der Waals surface area contributed by atoms with E-state index in [1.165, 1.54) is 12.8 Å². The van der Waals surface area contributed by atoms with Crippen molar-refractivity contribution in [3.63, 3.8) is 0 Å². The Kier molecular flexibility index (Phi) is 9.78. The maximum atomic E-state index is 13.3. The van der Waals surface area contributed by atoms with Crippen LogP contribution in [0.4, 0.5) is 4.79 Å². The number of hydrogen-bond donors (Lipinski definition) is 0. The van der Waals surface area contributed by atoms with Crippen molar-refractivity contribution in [1.29, 1.82) is 0 Å². The zero-order valence-electron chi connectivity index (χ0n) is 24.6. The second-order valence-corrected chi connectivity index (χ2v) is 12.5. The molecule has 3 heterocycles. The summed E-state index contributed by atoms with van der Waals surface area (Å²) in [5, 5.41) is 0. The number of ether oxygens (including phenoxy) is 1. The van der Waals surface area contributed by atoms with Crippen LogP contribution in [0, 0.1) is 19.8 Å². The van der Waals surface area contributed by atoms with Crippen molar-refractivity contribution in [1.82, 2.24) is 14.7 Å². The SMILES string of the molecule is CCCCC1N(CCCCC(C)C)C(=O)OC12CCN(C1CCN(C(=O)c3c(C)cccc3C)CC1)CC2. The van der Waals surface area contributed by atoms with Gasteiger partial charge in [0, 0.05) is 57.2 Å². The highest BCUT2D eigenvalue weighted by molar-refractivity contribution is 5.97. The van der Waals surface area contributed by atoms with Gasteiger partial charge in [0.2, 0.25) is 0 Å². The van der Waals surface area contributed by atoms with Gasteiger partial charge in [0.25, 0.3) is 5.91 Å². The van der Waals surface area contributed by atoms with Crippen molar-refractivity contribution >= 4 is 12.0 Å². The molecular weight excluding hydrogens is 474 g/mol. The van der Waals surface area contributed by atoms with E-state index in [0.29, 0.717) is 12.0 Å². The van der Waals surface area contributed by atoms with E-state index in [1.54, 1.807) is 0 Å². The number of rotatable bonds is 10. The summed E-state index contributed by atoms with van der Waals surface area (Å²) in [5.41, 5.74) is 2.69. The van der Waals surface area contributed by atoms with E-state index >= 15 is 0 Å². The Bertz CT molecular complexity index is 925. The van der Waals surface area contributed by atoms with Gasteiger partial charge in [0.15, 0.2) is 0 Å². The third-order valence-corrected chi connectivity index (χ3v) is 9.38. The van der Waals surface area contributed by atoms with E-state index < -0.39 is 0 Å². The van der Waals surface area contributed by atoms with Crippen molar-refractivity contribution in [2.24, 2.45) is 5.92 Å². The highest BCUT2D eigenvalue weighted by atomic mass is 16.6. The molecule has 0 aromatic heterocycles. The van der Waals surface area contributed by atoms with Crippen LogP contribution in [0.15, 0.2) is 18.2 Å². The van der Waals surface area contributed by atoms with Crippen LogP contribution < -0.4 is 0 Å². The molecule has 3 aliphatic heterocycles. The van der Waals surface area contributed by atoms with Gasteiger partial charge >= 0.3 is 6.09 Å². The number of aryl methyl sites for hydroxylation is 2. The van der Waals surface area contributed by atoms with E-state index in [0.717, 1.165) is 101 Å². The lowest BCUT2D eigenvalue weighted by Crippen LogP contribution is -2.56. The fourth-order valence-corrected chi connectivity index (χ4v) is 7.06. The van der Waals surface area contributed by atoms with Crippen LogP contribution in [0.2, 0.25) is 0 Å². The minimum absolute atomic E-state index is 0.0811. The molecule has 4 rings (SSSR count). The smallest absolute Gasteiger partial charge is 0.410 e. The van der Waals surface area contributed by atoms with Gasteiger partial charge < -0.3 is 14.5 Å². The average molecular weight is 526 g/mol. The molecular formula is C32H51N3O3. The predicted molar refractivity (Wildman–Crippen MR) is 154 cm³/mol. The molecule has 3 aliphatic rings. The molecule has 38 heavy (non-hydrogen) atoms. The number of nitrogens with zero attached hydrogens (tertiary/aromatic N) is 3. The molecule has 0 aliphatic carbocycles. The summed E-state index contributed by atoms with van der Waals surface area (Å²) in [4.78, 5) is 33.1. The van der Waals surface area contributed by atoms with Gasteiger partial charge in [0.05, 0.1) is 6.04 Å². The van der Waals surface area contributed by atoms with Crippen LogP contribution >= 0.6 is 0 Å². The average Bonchev–Trinajstić information content (AvgIpc) is 3.15. The number of hydrogen-bond acceptors (Lipinski definition) is 4. The Morgan fingerprint density at radius 1 is 1.03 bits per heavy atom. The molecule has 6 heteroatoms. The van der Waals surface area contributed by atoms with E-state index in [-0.39, 0.29) is 23.6 Å². The molecule has 1 aromatic rings. The van der Waals surface area contributed by atoms with Crippen LogP contribution in [0.5, 0.6) is 0 Å². The third-order valence-electron chi connectivity index (χ3n) is 9.38. The Hall–Kier alpha value is -2.08. The summed E-state index contributed by atoms with van der Waals surface area (Å²) in [6, 6.07) is 6.82. The molecule has 0 radical (unpaired) electrons. The molecule has 3 fully saturated rings. The molecule has 0 N–H and O–H groups in total. The lowest BCUT2D eigenvalue weighted by Gasteiger charge is -2.46. The second-order valence-electron chi connectivity index (χ2n) is 12.5. The first-order chi connectivity index (χ1) is 18.3. The summed E-state index contributed by atoms with van der Waals surface area (Å²) in [7, 11) is 0. The normalized spacial score (nSPS) is 22.5. The fourth-order valence-electron chi connectivity index (χ4n) is 7.06. The lowest BCUT2D eigenvalue weighted by atomic mass is 9.81. The van der Waals surface area contributed by atoms with Crippen molar-refractivity contribution in [3.05, 3.63) is 34.9 Å². The molecule has 212 valence electrons. The second kappa shape index (κ2) is 12.8. The molecule has 0 bridgehead atoms. The van der Waals surface area contributed by atoms with Gasteiger partial charge in [-0.15, -0.1) is 0 Å². The quantitative estimate of drug-likeness (QED) is 0.324. The van der Waals surface area contributed by atoms with Gasteiger partial charge in [-0.05, 0) is 56.6 Å². The van der Waals surface area contributed by atoms with E-state index in [4.69, 9.17) is 4.74 Å². The van der Waals surface area contributed by atoms with Crippen LogP contribution in [0.1, 0.15) is 106 Å². The summed E-state index contributed by atoms with van der Waals surface area (Å²) >= 11 is 0. The van der Waals surface area contributed by atoms with Crippen LogP contribution in [-0.4, -0.2) is 77.1 Å². The Morgan fingerprint density at radius 2 is 1.68 bits per heavy atom. The highest BCUT2D eigenvalue weighted by Crippen LogP contribution is 2.42. The lowest BCUT2D eigenvalue weighted by molar-refractivity contribution is -0.0382. The van der Waals surface area contributed by atoms with Crippen LogP contribution in [0.3, 0.4) is 0 Å². The Balaban J connectivity index is 1.32. The van der Waals surface area contributed by atoms with Crippen molar-refractivity contribution in [3.8, 4) is 0 Å². The number of benzene rings is 1. The molecule has 0 saturated carbocycles. The molecule has 2 amide bonds. The predicted octanol–water partition coefficient (Wildman–Crippen LogP) is 6.58. The van der Waals surface area contributed by atoms with Crippen molar-refractivity contribution in [2.45, 2.75) is 117 Å². The first kappa shape index (κ1) is 28.9. The summed E-state index contributed by atoms with van der Waals surface area (Å²) in [6.45, 7) is 15.3. The van der Waals surface area contributed by atoms with Crippen molar-refractivity contribution < 1.29 is 14.3 Å². The number of piperidine rings is 2. The number of carbonyl (C=O) groups excluding carboxylic acids is 2. The number of likely N-dealkylation sites (tertiary alicyclic amines) is 2. The topological polar surface area (TPSA) is 53.1 Å². The minimum Gasteiger partial charge on any atom is -0.440 e. The summed E-state index contributed by atoms with van der Waals surface area (Å²) < 4.78 is 6.25. The zero-order chi connectivity index (χ0) is 27.3.